The van der Waals surface area contributed by atoms with Crippen LogP contribution in [0.3, 0.4) is 0 Å². The molecule has 1 atom stereocenters. The Bertz CT molecular complexity index is 432. The lowest BCUT2D eigenvalue weighted by Gasteiger charge is -2.12. The van der Waals surface area contributed by atoms with Gasteiger partial charge in [0.2, 0.25) is 0 Å². The molecule has 0 aromatic carbocycles. The van der Waals surface area contributed by atoms with Crippen molar-refractivity contribution in [2.24, 2.45) is 0 Å². The molecule has 1 heterocycles. The molecule has 84 valence electrons. The number of hydrogen-bond donors (Lipinski definition) is 1. The maximum atomic E-state index is 11.8. The van der Waals surface area contributed by atoms with E-state index in [4.69, 9.17) is 6.42 Å². The Balaban J connectivity index is 2.78. The lowest BCUT2D eigenvalue weighted by molar-refractivity contribution is 0.0940. The summed E-state index contributed by atoms with van der Waals surface area (Å²) in [6.45, 7) is 5.61. The van der Waals surface area contributed by atoms with Crippen LogP contribution in [-0.4, -0.2) is 16.9 Å². The van der Waals surface area contributed by atoms with Gasteiger partial charge >= 0.3 is 0 Å². The van der Waals surface area contributed by atoms with E-state index in [0.717, 1.165) is 11.4 Å². The van der Waals surface area contributed by atoms with Crippen LogP contribution in [0.5, 0.6) is 0 Å². The largest absolute Gasteiger partial charge is 0.349 e. The highest BCUT2D eigenvalue weighted by Gasteiger charge is 2.11. The predicted molar refractivity (Wildman–Crippen MR) is 64.1 cm³/mol. The molecule has 0 fully saturated rings. The van der Waals surface area contributed by atoms with Gasteiger partial charge in [0, 0.05) is 18.2 Å². The summed E-state index contributed by atoms with van der Waals surface area (Å²) in [6, 6.07) is 3.60. The van der Waals surface area contributed by atoms with Crippen molar-refractivity contribution in [2.45, 2.75) is 33.2 Å². The highest BCUT2D eigenvalue weighted by atomic mass is 16.1. The number of nitrogens with zero attached hydrogens (tertiary/aromatic N) is 1. The summed E-state index contributed by atoms with van der Waals surface area (Å²) in [5.74, 6) is 2.40. The van der Waals surface area contributed by atoms with Crippen molar-refractivity contribution in [3.63, 3.8) is 0 Å². The van der Waals surface area contributed by atoms with Crippen molar-refractivity contribution >= 4 is 5.91 Å². The summed E-state index contributed by atoms with van der Waals surface area (Å²) in [5, 5.41) is 2.84. The number of pyridine rings is 1. The molecule has 16 heavy (non-hydrogen) atoms. The van der Waals surface area contributed by atoms with Crippen LogP contribution < -0.4 is 5.32 Å². The van der Waals surface area contributed by atoms with Gasteiger partial charge in [-0.1, -0.05) is 0 Å². The topological polar surface area (TPSA) is 42.0 Å². The maximum Gasteiger partial charge on any atom is 0.253 e. The number of carbonyl (C=O) groups is 1. The molecule has 1 unspecified atom stereocenters. The normalized spacial score (nSPS) is 11.6. The molecule has 0 saturated carbocycles. The number of terminal acetylenes is 1. The number of hydrogen-bond acceptors (Lipinski definition) is 2. The zero-order chi connectivity index (χ0) is 12.1. The van der Waals surface area contributed by atoms with Gasteiger partial charge in [-0.05, 0) is 32.9 Å². The molecule has 1 amide bonds. The van der Waals surface area contributed by atoms with Crippen LogP contribution in [-0.2, 0) is 0 Å². The van der Waals surface area contributed by atoms with Gasteiger partial charge in [-0.15, -0.1) is 12.3 Å². The summed E-state index contributed by atoms with van der Waals surface area (Å²) in [5.41, 5.74) is 2.26. The molecule has 1 N–H and O–H groups in total. The molecule has 3 nitrogen and oxygen atoms in total. The third-order valence-electron chi connectivity index (χ3n) is 2.27. The van der Waals surface area contributed by atoms with Crippen molar-refractivity contribution in [2.75, 3.05) is 0 Å². The lowest BCUT2D eigenvalue weighted by Crippen LogP contribution is -2.32. The summed E-state index contributed by atoms with van der Waals surface area (Å²) in [6.07, 6.45) is 5.71. The van der Waals surface area contributed by atoms with E-state index < -0.39 is 0 Å². The predicted octanol–water partition coefficient (Wildman–Crippen LogP) is 1.84. The zero-order valence-corrected chi connectivity index (χ0v) is 9.87. The molecule has 0 spiro atoms. The molecule has 0 saturated heterocycles. The van der Waals surface area contributed by atoms with Crippen molar-refractivity contribution in [3.05, 3.63) is 29.1 Å². The van der Waals surface area contributed by atoms with Crippen molar-refractivity contribution < 1.29 is 4.79 Å². The second-order valence-corrected chi connectivity index (χ2v) is 3.87. The second-order valence-electron chi connectivity index (χ2n) is 3.87. The molecule has 1 aromatic heterocycles. The van der Waals surface area contributed by atoms with Crippen LogP contribution in [0.4, 0.5) is 0 Å². The van der Waals surface area contributed by atoms with Crippen LogP contribution in [0, 0.1) is 26.2 Å². The second kappa shape index (κ2) is 5.32. The fraction of sp³-hybridized carbons (Fsp3) is 0.385. The number of amides is 1. The van der Waals surface area contributed by atoms with E-state index in [0.29, 0.717) is 12.0 Å². The average molecular weight is 216 g/mol. The molecule has 0 aliphatic rings. The monoisotopic (exact) mass is 216 g/mol. The van der Waals surface area contributed by atoms with E-state index in [-0.39, 0.29) is 11.9 Å². The smallest absolute Gasteiger partial charge is 0.253 e. The quantitative estimate of drug-likeness (QED) is 0.783. The zero-order valence-electron chi connectivity index (χ0n) is 9.87. The van der Waals surface area contributed by atoms with Crippen molar-refractivity contribution in [1.82, 2.24) is 10.3 Å². The molecule has 1 rings (SSSR count). The van der Waals surface area contributed by atoms with Gasteiger partial charge in [0.25, 0.3) is 5.91 Å². The minimum absolute atomic E-state index is 0.0156. The van der Waals surface area contributed by atoms with Gasteiger partial charge in [-0.3, -0.25) is 9.78 Å². The van der Waals surface area contributed by atoms with E-state index in [1.54, 1.807) is 6.07 Å². The first-order valence-corrected chi connectivity index (χ1v) is 5.23. The van der Waals surface area contributed by atoms with Crippen LogP contribution in [0.15, 0.2) is 12.1 Å². The summed E-state index contributed by atoms with van der Waals surface area (Å²) < 4.78 is 0. The third kappa shape index (κ3) is 3.09. The maximum absolute atomic E-state index is 11.8. The fourth-order valence-electron chi connectivity index (χ4n) is 1.46. The molecular formula is C13H16N2O. The number of aromatic nitrogens is 1. The average Bonchev–Trinajstić information content (AvgIpc) is 2.17. The fourth-order valence-corrected chi connectivity index (χ4v) is 1.46. The third-order valence-corrected chi connectivity index (χ3v) is 2.27. The van der Waals surface area contributed by atoms with Crippen molar-refractivity contribution in [3.8, 4) is 12.3 Å². The van der Waals surface area contributed by atoms with Gasteiger partial charge in [-0.2, -0.15) is 0 Å². The van der Waals surface area contributed by atoms with Crippen LogP contribution in [0.25, 0.3) is 0 Å². The Morgan fingerprint density at radius 2 is 2.25 bits per heavy atom. The number of rotatable bonds is 3. The first-order valence-electron chi connectivity index (χ1n) is 5.23. The van der Waals surface area contributed by atoms with Gasteiger partial charge in [0.05, 0.1) is 11.3 Å². The number of nitrogens with one attached hydrogen (secondary N) is 1. The minimum Gasteiger partial charge on any atom is -0.349 e. The Kier molecular flexibility index (Phi) is 4.07. The Hall–Kier alpha value is -1.82. The van der Waals surface area contributed by atoms with Gasteiger partial charge < -0.3 is 5.32 Å². The van der Waals surface area contributed by atoms with E-state index in [1.807, 2.05) is 26.8 Å². The highest BCUT2D eigenvalue weighted by Crippen LogP contribution is 2.06. The summed E-state index contributed by atoms with van der Waals surface area (Å²) >= 11 is 0. The molecule has 3 heteroatoms. The SMILES string of the molecule is C#CCC(C)NC(=O)c1ccc(C)nc1C. The first-order chi connectivity index (χ1) is 7.54. The van der Waals surface area contributed by atoms with E-state index in [9.17, 15) is 4.79 Å². The van der Waals surface area contributed by atoms with Crippen LogP contribution >= 0.6 is 0 Å². The Morgan fingerprint density at radius 1 is 1.56 bits per heavy atom. The molecule has 0 aliphatic heterocycles. The summed E-state index contributed by atoms with van der Waals surface area (Å²) in [4.78, 5) is 16.1. The number of aryl methyl sites for hydroxylation is 2. The lowest BCUT2D eigenvalue weighted by atomic mass is 10.1. The molecular weight excluding hydrogens is 200 g/mol. The van der Waals surface area contributed by atoms with Gasteiger partial charge in [0.15, 0.2) is 0 Å². The molecule has 1 aromatic rings. The molecule has 0 aliphatic carbocycles. The number of carbonyl (C=O) groups excluding carboxylic acids is 1. The Labute approximate surface area is 96.3 Å². The van der Waals surface area contributed by atoms with E-state index in [1.165, 1.54) is 0 Å². The van der Waals surface area contributed by atoms with Gasteiger partial charge in [0.1, 0.15) is 0 Å². The summed E-state index contributed by atoms with van der Waals surface area (Å²) in [7, 11) is 0. The molecule has 0 radical (unpaired) electrons. The van der Waals surface area contributed by atoms with Crippen LogP contribution in [0.1, 0.15) is 35.1 Å². The van der Waals surface area contributed by atoms with Gasteiger partial charge in [-0.25, -0.2) is 0 Å². The van der Waals surface area contributed by atoms with Crippen LogP contribution in [0.2, 0.25) is 0 Å². The van der Waals surface area contributed by atoms with Crippen molar-refractivity contribution in [1.29, 1.82) is 0 Å². The Morgan fingerprint density at radius 3 is 2.81 bits per heavy atom. The first kappa shape index (κ1) is 12.3. The van der Waals surface area contributed by atoms with E-state index in [2.05, 4.69) is 16.2 Å². The molecule has 0 bridgehead atoms. The minimum atomic E-state index is -0.118. The van der Waals surface area contributed by atoms with E-state index >= 15 is 0 Å². The standard InChI is InChI=1S/C13H16N2O/c1-5-6-9(2)15-13(16)12-8-7-10(3)14-11(12)4/h1,7-9H,6H2,2-4H3,(H,15,16). The highest BCUT2D eigenvalue weighted by molar-refractivity contribution is 5.95.